The van der Waals surface area contributed by atoms with Crippen LogP contribution in [0.15, 0.2) is 24.8 Å². The average Bonchev–Trinajstić information content (AvgIpc) is 2.88. The lowest BCUT2D eigenvalue weighted by molar-refractivity contribution is 0.130. The Kier molecular flexibility index (Phi) is 5.86. The Balaban J connectivity index is 2.17. The first-order valence-electron chi connectivity index (χ1n) is 7.97. The van der Waals surface area contributed by atoms with Gasteiger partial charge in [0.2, 0.25) is 0 Å². The molecule has 2 rings (SSSR count). The monoisotopic (exact) mass is 305 g/mol. The lowest BCUT2D eigenvalue weighted by Gasteiger charge is -2.26. The Morgan fingerprint density at radius 3 is 2.91 bits per heavy atom. The van der Waals surface area contributed by atoms with Crippen LogP contribution in [0.2, 0.25) is 0 Å². The second-order valence-electron chi connectivity index (χ2n) is 6.15. The van der Waals surface area contributed by atoms with Gasteiger partial charge in [0.05, 0.1) is 13.2 Å². The number of hydrogen-bond donors (Lipinski definition) is 2. The van der Waals surface area contributed by atoms with Crippen molar-refractivity contribution in [2.45, 2.75) is 51.3 Å². The second kappa shape index (κ2) is 7.65. The minimum atomic E-state index is -0.267. The van der Waals surface area contributed by atoms with E-state index >= 15 is 0 Å². The Morgan fingerprint density at radius 1 is 1.50 bits per heavy atom. The van der Waals surface area contributed by atoms with Gasteiger partial charge in [-0.2, -0.15) is 0 Å². The maximum Gasteiger partial charge on any atom is 0.161 e. The normalized spacial score (nSPS) is 20.0. The molecule has 1 aromatic rings. The number of aliphatic hydroxyl groups is 1. The van der Waals surface area contributed by atoms with Crippen LogP contribution in [0.3, 0.4) is 0 Å². The van der Waals surface area contributed by atoms with E-state index in [1.165, 1.54) is 6.42 Å². The summed E-state index contributed by atoms with van der Waals surface area (Å²) in [5, 5.41) is 19.8. The van der Waals surface area contributed by atoms with Gasteiger partial charge in [0.1, 0.15) is 0 Å². The van der Waals surface area contributed by atoms with Gasteiger partial charge in [-0.3, -0.25) is 4.90 Å². The number of aromatic hydroxyl groups is 1. The zero-order chi connectivity index (χ0) is 16.1. The fourth-order valence-corrected chi connectivity index (χ4v) is 3.29. The molecule has 0 aliphatic carbocycles. The standard InChI is InChI=1S/C18H27NO3/c1-4-6-15-10-14(11-17(22-3)18(15)21)12-19-8-5-7-16(19)9-13(2)20/h4,10-11,13,16,20-21H,1,5-9,12H2,2-3H3. The van der Waals surface area contributed by atoms with Crippen LogP contribution in [0.1, 0.15) is 37.3 Å². The first-order chi connectivity index (χ1) is 10.5. The molecule has 0 saturated carbocycles. The van der Waals surface area contributed by atoms with Gasteiger partial charge in [-0.25, -0.2) is 0 Å². The third-order valence-electron chi connectivity index (χ3n) is 4.30. The van der Waals surface area contributed by atoms with E-state index in [4.69, 9.17) is 4.74 Å². The number of aliphatic hydroxyl groups excluding tert-OH is 1. The first-order valence-corrected chi connectivity index (χ1v) is 7.97. The van der Waals surface area contributed by atoms with Crippen molar-refractivity contribution in [3.63, 3.8) is 0 Å². The molecule has 1 aromatic carbocycles. The van der Waals surface area contributed by atoms with E-state index in [9.17, 15) is 10.2 Å². The molecule has 0 bridgehead atoms. The van der Waals surface area contributed by atoms with Crippen molar-refractivity contribution in [1.82, 2.24) is 4.90 Å². The van der Waals surface area contributed by atoms with E-state index in [1.807, 2.05) is 19.1 Å². The molecule has 1 aliphatic rings. The molecule has 1 heterocycles. The molecule has 22 heavy (non-hydrogen) atoms. The van der Waals surface area contributed by atoms with E-state index in [0.29, 0.717) is 18.2 Å². The van der Waals surface area contributed by atoms with Crippen LogP contribution in [0, 0.1) is 0 Å². The molecule has 0 amide bonds. The van der Waals surface area contributed by atoms with Gasteiger partial charge in [0.15, 0.2) is 11.5 Å². The number of methoxy groups -OCH3 is 1. The summed E-state index contributed by atoms with van der Waals surface area (Å²) in [6.45, 7) is 7.46. The summed E-state index contributed by atoms with van der Waals surface area (Å²) in [6.07, 6.45) is 5.26. The van der Waals surface area contributed by atoms with Gasteiger partial charge in [-0.15, -0.1) is 6.58 Å². The van der Waals surface area contributed by atoms with E-state index in [2.05, 4.69) is 11.5 Å². The summed E-state index contributed by atoms with van der Waals surface area (Å²) >= 11 is 0. The molecule has 2 atom stereocenters. The van der Waals surface area contributed by atoms with Crippen molar-refractivity contribution in [2.24, 2.45) is 0 Å². The molecular formula is C18H27NO3. The van der Waals surface area contributed by atoms with Crippen LogP contribution in [-0.2, 0) is 13.0 Å². The van der Waals surface area contributed by atoms with Crippen LogP contribution in [0.5, 0.6) is 11.5 Å². The molecule has 0 aromatic heterocycles. The van der Waals surface area contributed by atoms with Gasteiger partial charge in [0, 0.05) is 18.2 Å². The maximum absolute atomic E-state index is 10.2. The van der Waals surface area contributed by atoms with Crippen LogP contribution >= 0.6 is 0 Å². The number of allylic oxidation sites excluding steroid dienone is 1. The van der Waals surface area contributed by atoms with Crippen molar-refractivity contribution < 1.29 is 14.9 Å². The van der Waals surface area contributed by atoms with Gasteiger partial charge in [-0.05, 0) is 50.8 Å². The third kappa shape index (κ3) is 4.02. The van der Waals surface area contributed by atoms with Gasteiger partial charge in [-0.1, -0.05) is 12.1 Å². The van der Waals surface area contributed by atoms with Gasteiger partial charge >= 0.3 is 0 Å². The smallest absolute Gasteiger partial charge is 0.161 e. The largest absolute Gasteiger partial charge is 0.504 e. The molecule has 122 valence electrons. The number of phenolic OH excluding ortho intramolecular Hbond substituents is 1. The molecule has 1 saturated heterocycles. The average molecular weight is 305 g/mol. The lowest BCUT2D eigenvalue weighted by atomic mass is 10.0. The number of rotatable bonds is 7. The summed E-state index contributed by atoms with van der Waals surface area (Å²) in [7, 11) is 1.57. The summed E-state index contributed by atoms with van der Waals surface area (Å²) in [6, 6.07) is 4.36. The molecule has 4 heteroatoms. The molecule has 4 nitrogen and oxygen atoms in total. The van der Waals surface area contributed by atoms with Gasteiger partial charge < -0.3 is 14.9 Å². The zero-order valence-corrected chi connectivity index (χ0v) is 13.6. The van der Waals surface area contributed by atoms with Crippen LogP contribution in [0.25, 0.3) is 0 Å². The number of phenols is 1. The number of ether oxygens (including phenoxy) is 1. The van der Waals surface area contributed by atoms with Crippen LogP contribution in [-0.4, -0.2) is 40.9 Å². The first kappa shape index (κ1) is 16.8. The number of likely N-dealkylation sites (tertiary alicyclic amines) is 1. The lowest BCUT2D eigenvalue weighted by Crippen LogP contribution is -2.31. The second-order valence-corrected chi connectivity index (χ2v) is 6.15. The van der Waals surface area contributed by atoms with Crippen molar-refractivity contribution in [3.05, 3.63) is 35.9 Å². The molecular weight excluding hydrogens is 278 g/mol. The van der Waals surface area contributed by atoms with Crippen molar-refractivity contribution in [3.8, 4) is 11.5 Å². The highest BCUT2D eigenvalue weighted by atomic mass is 16.5. The number of benzene rings is 1. The molecule has 0 radical (unpaired) electrons. The predicted octanol–water partition coefficient (Wildman–Crippen LogP) is 2.86. The van der Waals surface area contributed by atoms with Crippen molar-refractivity contribution in [2.75, 3.05) is 13.7 Å². The highest BCUT2D eigenvalue weighted by Crippen LogP contribution is 2.33. The topological polar surface area (TPSA) is 52.9 Å². The molecule has 2 N–H and O–H groups in total. The molecule has 2 unspecified atom stereocenters. The quantitative estimate of drug-likeness (QED) is 0.761. The maximum atomic E-state index is 10.2. The summed E-state index contributed by atoms with van der Waals surface area (Å²) in [4.78, 5) is 2.41. The van der Waals surface area contributed by atoms with E-state index in [-0.39, 0.29) is 11.9 Å². The van der Waals surface area contributed by atoms with E-state index < -0.39 is 0 Å². The Bertz CT molecular complexity index is 513. The van der Waals surface area contributed by atoms with Crippen LogP contribution in [0.4, 0.5) is 0 Å². The van der Waals surface area contributed by atoms with E-state index in [0.717, 1.165) is 37.1 Å². The Morgan fingerprint density at radius 2 is 2.27 bits per heavy atom. The fraction of sp³-hybridized carbons (Fsp3) is 0.556. The molecule has 0 spiro atoms. The summed E-state index contributed by atoms with van der Waals surface area (Å²) < 4.78 is 5.29. The fourth-order valence-electron chi connectivity index (χ4n) is 3.29. The number of hydrogen-bond acceptors (Lipinski definition) is 4. The summed E-state index contributed by atoms with van der Waals surface area (Å²) in [5.74, 6) is 0.716. The summed E-state index contributed by atoms with van der Waals surface area (Å²) in [5.41, 5.74) is 1.97. The van der Waals surface area contributed by atoms with Crippen LogP contribution < -0.4 is 4.74 Å². The molecule has 1 fully saturated rings. The molecule has 1 aliphatic heterocycles. The minimum absolute atomic E-state index is 0.202. The highest BCUT2D eigenvalue weighted by molar-refractivity contribution is 5.49. The van der Waals surface area contributed by atoms with E-state index in [1.54, 1.807) is 13.2 Å². The van der Waals surface area contributed by atoms with Crippen molar-refractivity contribution >= 4 is 0 Å². The predicted molar refractivity (Wildman–Crippen MR) is 88.3 cm³/mol. The number of nitrogens with zero attached hydrogens (tertiary/aromatic N) is 1. The Labute approximate surface area is 133 Å². The minimum Gasteiger partial charge on any atom is -0.504 e. The zero-order valence-electron chi connectivity index (χ0n) is 13.6. The highest BCUT2D eigenvalue weighted by Gasteiger charge is 2.26. The third-order valence-corrected chi connectivity index (χ3v) is 4.30. The Hall–Kier alpha value is -1.52. The van der Waals surface area contributed by atoms with Crippen molar-refractivity contribution in [1.29, 1.82) is 0 Å². The SMILES string of the molecule is C=CCc1cc(CN2CCCC2CC(C)O)cc(OC)c1O. The van der Waals surface area contributed by atoms with Gasteiger partial charge in [0.25, 0.3) is 0 Å².